The minimum atomic E-state index is -0.531. The van der Waals surface area contributed by atoms with Gasteiger partial charge in [0.1, 0.15) is 0 Å². The Kier molecular flexibility index (Phi) is 9.06. The fraction of sp³-hybridized carbons (Fsp3) is 0.846. The Hall–Kier alpha value is -1.26. The molecule has 0 spiro atoms. The highest BCUT2D eigenvalue weighted by Crippen LogP contribution is 2.10. The average Bonchev–Trinajstić information content (AvgIpc) is 2.36. The fourth-order valence-corrected chi connectivity index (χ4v) is 1.99. The zero-order chi connectivity index (χ0) is 14.0. The maximum Gasteiger partial charge on any atom is 0.231 e. The van der Waals surface area contributed by atoms with Crippen molar-refractivity contribution in [2.24, 2.45) is 16.8 Å². The van der Waals surface area contributed by atoms with E-state index in [0.717, 1.165) is 32.1 Å². The minimum absolute atomic E-state index is 0.0132. The van der Waals surface area contributed by atoms with Crippen molar-refractivity contribution in [2.75, 3.05) is 0 Å². The van der Waals surface area contributed by atoms with Crippen LogP contribution < -0.4 is 11.1 Å². The lowest BCUT2D eigenvalue weighted by Crippen LogP contribution is -2.43. The first-order chi connectivity index (χ1) is 8.60. The SMILES string of the molecule is CCCCC(CCC)NC(=O)C(CC)C(N)=NO. The molecule has 0 heterocycles. The molecule has 2 unspecified atom stereocenters. The van der Waals surface area contributed by atoms with E-state index in [2.05, 4.69) is 24.3 Å². The number of hydrogen-bond acceptors (Lipinski definition) is 3. The van der Waals surface area contributed by atoms with Gasteiger partial charge in [0, 0.05) is 6.04 Å². The molecule has 0 aliphatic rings. The van der Waals surface area contributed by atoms with Crippen LogP contribution in [0.4, 0.5) is 0 Å². The highest BCUT2D eigenvalue weighted by atomic mass is 16.4. The van der Waals surface area contributed by atoms with Crippen molar-refractivity contribution < 1.29 is 10.0 Å². The predicted octanol–water partition coefficient (Wildman–Crippen LogP) is 2.23. The van der Waals surface area contributed by atoms with Crippen LogP contribution in [0.5, 0.6) is 0 Å². The Bertz CT molecular complexity index is 267. The molecule has 0 aromatic rings. The van der Waals surface area contributed by atoms with Crippen molar-refractivity contribution in [3.05, 3.63) is 0 Å². The van der Waals surface area contributed by atoms with Gasteiger partial charge in [-0.05, 0) is 19.3 Å². The number of oxime groups is 1. The molecule has 0 aromatic heterocycles. The van der Waals surface area contributed by atoms with Crippen molar-refractivity contribution in [2.45, 2.75) is 65.3 Å². The van der Waals surface area contributed by atoms with Gasteiger partial charge in [0.25, 0.3) is 0 Å². The minimum Gasteiger partial charge on any atom is -0.409 e. The number of hydrogen-bond donors (Lipinski definition) is 3. The molecule has 0 saturated heterocycles. The molecule has 0 saturated carbocycles. The fourth-order valence-electron chi connectivity index (χ4n) is 1.99. The molecular weight excluding hydrogens is 230 g/mol. The molecule has 0 aromatic carbocycles. The van der Waals surface area contributed by atoms with Gasteiger partial charge in [-0.1, -0.05) is 45.2 Å². The molecule has 0 rings (SSSR count). The summed E-state index contributed by atoms with van der Waals surface area (Å²) in [6.07, 6.45) is 5.75. The second-order valence-corrected chi connectivity index (χ2v) is 4.62. The van der Waals surface area contributed by atoms with Crippen molar-refractivity contribution in [1.82, 2.24) is 5.32 Å². The molecule has 4 N–H and O–H groups in total. The molecule has 5 nitrogen and oxygen atoms in total. The van der Waals surface area contributed by atoms with E-state index in [-0.39, 0.29) is 17.8 Å². The Labute approximate surface area is 110 Å². The molecule has 5 heteroatoms. The summed E-state index contributed by atoms with van der Waals surface area (Å²) in [6, 6.07) is 0.197. The molecule has 18 heavy (non-hydrogen) atoms. The standard InChI is InChI=1S/C13H27N3O2/c1-4-7-9-10(8-5-2)15-13(17)11(6-3)12(14)16-18/h10-11,18H,4-9H2,1-3H3,(H2,14,16)(H,15,17). The van der Waals surface area contributed by atoms with E-state index in [9.17, 15) is 4.79 Å². The molecule has 0 fully saturated rings. The third-order valence-electron chi connectivity index (χ3n) is 3.09. The molecule has 1 amide bonds. The van der Waals surface area contributed by atoms with E-state index in [1.165, 1.54) is 0 Å². The van der Waals surface area contributed by atoms with Crippen LogP contribution in [-0.4, -0.2) is 23.0 Å². The summed E-state index contributed by atoms with van der Waals surface area (Å²) in [5.74, 6) is -0.681. The Morgan fingerprint density at radius 1 is 1.28 bits per heavy atom. The summed E-state index contributed by atoms with van der Waals surface area (Å²) in [6.45, 7) is 6.09. The van der Waals surface area contributed by atoms with Crippen molar-refractivity contribution in [3.8, 4) is 0 Å². The van der Waals surface area contributed by atoms with E-state index >= 15 is 0 Å². The van der Waals surface area contributed by atoms with E-state index in [1.54, 1.807) is 0 Å². The highest BCUT2D eigenvalue weighted by molar-refractivity contribution is 6.02. The Balaban J connectivity index is 4.45. The summed E-state index contributed by atoms with van der Waals surface area (Å²) in [4.78, 5) is 12.0. The van der Waals surface area contributed by atoms with Gasteiger partial charge in [-0.3, -0.25) is 4.79 Å². The van der Waals surface area contributed by atoms with E-state index in [0.29, 0.717) is 6.42 Å². The lowest BCUT2D eigenvalue weighted by molar-refractivity contribution is -0.124. The Morgan fingerprint density at radius 3 is 2.39 bits per heavy atom. The molecule has 106 valence electrons. The first kappa shape index (κ1) is 16.7. The summed E-state index contributed by atoms with van der Waals surface area (Å²) >= 11 is 0. The first-order valence-corrected chi connectivity index (χ1v) is 6.88. The largest absolute Gasteiger partial charge is 0.409 e. The lowest BCUT2D eigenvalue weighted by Gasteiger charge is -2.21. The highest BCUT2D eigenvalue weighted by Gasteiger charge is 2.23. The van der Waals surface area contributed by atoms with Gasteiger partial charge in [-0.2, -0.15) is 0 Å². The molecule has 2 atom stereocenters. The first-order valence-electron chi connectivity index (χ1n) is 6.88. The van der Waals surface area contributed by atoms with E-state index < -0.39 is 5.92 Å². The average molecular weight is 257 g/mol. The van der Waals surface area contributed by atoms with Crippen LogP contribution in [0, 0.1) is 5.92 Å². The number of nitrogens with zero attached hydrogens (tertiary/aromatic N) is 1. The number of carbonyl (C=O) groups excluding carboxylic acids is 1. The number of amides is 1. The van der Waals surface area contributed by atoms with Gasteiger partial charge in [0.2, 0.25) is 5.91 Å². The van der Waals surface area contributed by atoms with Crippen LogP contribution in [0.2, 0.25) is 0 Å². The zero-order valence-electron chi connectivity index (χ0n) is 11.8. The number of carbonyl (C=O) groups is 1. The van der Waals surface area contributed by atoms with Crippen molar-refractivity contribution in [3.63, 3.8) is 0 Å². The number of nitrogens with one attached hydrogen (secondary N) is 1. The lowest BCUT2D eigenvalue weighted by atomic mass is 10.0. The summed E-state index contributed by atoms with van der Waals surface area (Å²) in [7, 11) is 0. The molecular formula is C13H27N3O2. The Morgan fingerprint density at radius 2 is 1.94 bits per heavy atom. The topological polar surface area (TPSA) is 87.7 Å². The van der Waals surface area contributed by atoms with Crippen LogP contribution >= 0.6 is 0 Å². The number of rotatable bonds is 9. The summed E-state index contributed by atoms with van der Waals surface area (Å²) in [5.41, 5.74) is 5.52. The van der Waals surface area contributed by atoms with Crippen LogP contribution in [0.25, 0.3) is 0 Å². The summed E-state index contributed by atoms with van der Waals surface area (Å²) in [5, 5.41) is 14.6. The second kappa shape index (κ2) is 9.74. The van der Waals surface area contributed by atoms with Crippen LogP contribution in [0.15, 0.2) is 5.16 Å². The molecule has 0 bridgehead atoms. The number of nitrogens with two attached hydrogens (primary N) is 1. The van der Waals surface area contributed by atoms with Gasteiger partial charge in [-0.15, -0.1) is 0 Å². The maximum absolute atomic E-state index is 12.0. The third kappa shape index (κ3) is 5.89. The second-order valence-electron chi connectivity index (χ2n) is 4.62. The predicted molar refractivity (Wildman–Crippen MR) is 73.6 cm³/mol. The van der Waals surface area contributed by atoms with Crippen LogP contribution in [0.1, 0.15) is 59.3 Å². The monoisotopic (exact) mass is 257 g/mol. The van der Waals surface area contributed by atoms with Gasteiger partial charge in [0.15, 0.2) is 5.84 Å². The van der Waals surface area contributed by atoms with Crippen molar-refractivity contribution >= 4 is 11.7 Å². The molecule has 0 aliphatic heterocycles. The maximum atomic E-state index is 12.0. The number of amidine groups is 1. The van der Waals surface area contributed by atoms with Crippen LogP contribution in [0.3, 0.4) is 0 Å². The zero-order valence-corrected chi connectivity index (χ0v) is 11.8. The van der Waals surface area contributed by atoms with Crippen molar-refractivity contribution in [1.29, 1.82) is 0 Å². The third-order valence-corrected chi connectivity index (χ3v) is 3.09. The van der Waals surface area contributed by atoms with Gasteiger partial charge >= 0.3 is 0 Å². The van der Waals surface area contributed by atoms with Gasteiger partial charge in [0.05, 0.1) is 5.92 Å². The van der Waals surface area contributed by atoms with E-state index in [1.807, 2.05) is 6.92 Å². The smallest absolute Gasteiger partial charge is 0.231 e. The quantitative estimate of drug-likeness (QED) is 0.256. The van der Waals surface area contributed by atoms with Gasteiger partial charge < -0.3 is 16.3 Å². The molecule has 0 radical (unpaired) electrons. The normalized spacial score (nSPS) is 15.2. The van der Waals surface area contributed by atoms with Crippen LogP contribution in [-0.2, 0) is 4.79 Å². The molecule has 0 aliphatic carbocycles. The van der Waals surface area contributed by atoms with E-state index in [4.69, 9.17) is 10.9 Å². The van der Waals surface area contributed by atoms with Gasteiger partial charge in [-0.25, -0.2) is 0 Å². The number of unbranched alkanes of at least 4 members (excludes halogenated alkanes) is 1. The summed E-state index contributed by atoms with van der Waals surface area (Å²) < 4.78 is 0.